The van der Waals surface area contributed by atoms with Crippen molar-refractivity contribution in [3.63, 3.8) is 0 Å². The topological polar surface area (TPSA) is 3.24 Å². The van der Waals surface area contributed by atoms with Crippen LogP contribution in [-0.2, 0) is 0 Å². The van der Waals surface area contributed by atoms with Crippen LogP contribution >= 0.6 is 0 Å². The minimum absolute atomic E-state index is 0.910. The van der Waals surface area contributed by atoms with E-state index in [2.05, 4.69) is 13.2 Å². The summed E-state index contributed by atoms with van der Waals surface area (Å²) in [5.41, 5.74) is 0.910. The highest BCUT2D eigenvalue weighted by Gasteiger charge is 1.87. The van der Waals surface area contributed by atoms with Crippen LogP contribution in [0.25, 0.3) is 0 Å². The zero-order valence-electron chi connectivity index (χ0n) is 6.09. The van der Waals surface area contributed by atoms with Crippen molar-refractivity contribution >= 4 is 0 Å². The molecule has 0 N–H and O–H groups in total. The summed E-state index contributed by atoms with van der Waals surface area (Å²) in [6, 6.07) is 0. The summed E-state index contributed by atoms with van der Waals surface area (Å²) in [6.45, 7) is 9.30. The molecule has 0 aliphatic rings. The van der Waals surface area contributed by atoms with Crippen molar-refractivity contribution < 1.29 is 0 Å². The largest absolute Gasteiger partial charge is 0.352 e. The molecule has 0 aromatic carbocycles. The number of nitrogens with zero attached hydrogens (tertiary/aromatic N) is 1. The number of hydrogen-bond acceptors (Lipinski definition) is 1. The van der Waals surface area contributed by atoms with Gasteiger partial charge in [0.05, 0.1) is 0 Å². The summed E-state index contributed by atoms with van der Waals surface area (Å²) in [6.07, 6.45) is 5.61. The van der Waals surface area contributed by atoms with Crippen molar-refractivity contribution in [2.45, 2.75) is 6.92 Å². The molecule has 0 unspecified atom stereocenters. The highest BCUT2D eigenvalue weighted by Crippen LogP contribution is 1.97. The van der Waals surface area contributed by atoms with Crippen LogP contribution < -0.4 is 0 Å². The third-order valence-corrected chi connectivity index (χ3v) is 1.06. The van der Waals surface area contributed by atoms with Gasteiger partial charge in [-0.3, -0.25) is 0 Å². The Balaban J connectivity index is 3.87. The molecule has 0 saturated carbocycles. The third kappa shape index (κ3) is 2.75. The van der Waals surface area contributed by atoms with E-state index in [1.54, 1.807) is 6.08 Å². The Kier molecular flexibility index (Phi) is 3.52. The highest BCUT2D eigenvalue weighted by molar-refractivity contribution is 5.11. The van der Waals surface area contributed by atoms with Crippen molar-refractivity contribution in [3.05, 3.63) is 37.2 Å². The van der Waals surface area contributed by atoms with Crippen LogP contribution in [0.4, 0.5) is 0 Å². The lowest BCUT2D eigenvalue weighted by Gasteiger charge is -2.12. The minimum Gasteiger partial charge on any atom is -0.352 e. The molecule has 0 aromatic heterocycles. The summed E-state index contributed by atoms with van der Waals surface area (Å²) in [5, 5.41) is 0. The number of likely N-dealkylation sites (N-methyl/N-ethyl adjacent to an activating group) is 1. The molecule has 0 bridgehead atoms. The Bertz CT molecular complexity index is 134. The Morgan fingerprint density at radius 2 is 2.11 bits per heavy atom. The zero-order chi connectivity index (χ0) is 7.28. The normalized spacial score (nSPS) is 9.56. The van der Waals surface area contributed by atoms with E-state index in [1.165, 1.54) is 0 Å². The first-order chi connectivity index (χ1) is 4.22. The fourth-order valence-electron chi connectivity index (χ4n) is 0.463. The molecule has 0 radical (unpaired) electrons. The molecule has 0 fully saturated rings. The van der Waals surface area contributed by atoms with E-state index in [1.807, 2.05) is 31.1 Å². The fraction of sp³-hybridized carbons (Fsp3) is 0.250. The van der Waals surface area contributed by atoms with Gasteiger partial charge in [0.15, 0.2) is 0 Å². The molecule has 0 saturated heterocycles. The first kappa shape index (κ1) is 8.02. The summed E-state index contributed by atoms with van der Waals surface area (Å²) in [5.74, 6) is 0. The van der Waals surface area contributed by atoms with E-state index in [0.29, 0.717) is 0 Å². The van der Waals surface area contributed by atoms with Gasteiger partial charge in [0.25, 0.3) is 0 Å². The zero-order valence-corrected chi connectivity index (χ0v) is 6.09. The summed E-state index contributed by atoms with van der Waals surface area (Å²) in [7, 11) is 1.93. The summed E-state index contributed by atoms with van der Waals surface area (Å²) in [4.78, 5) is 1.91. The first-order valence-corrected chi connectivity index (χ1v) is 2.89. The van der Waals surface area contributed by atoms with Gasteiger partial charge in [-0.1, -0.05) is 19.2 Å². The van der Waals surface area contributed by atoms with Crippen molar-refractivity contribution in [1.82, 2.24) is 4.90 Å². The maximum absolute atomic E-state index is 3.75. The molecule has 0 heterocycles. The quantitative estimate of drug-likeness (QED) is 0.520. The highest BCUT2D eigenvalue weighted by atomic mass is 15.1. The Morgan fingerprint density at radius 3 is 2.44 bits per heavy atom. The van der Waals surface area contributed by atoms with Gasteiger partial charge in [-0.2, -0.15) is 0 Å². The average molecular weight is 123 g/mol. The molecule has 0 aliphatic heterocycles. The van der Waals surface area contributed by atoms with Crippen molar-refractivity contribution in [2.24, 2.45) is 0 Å². The van der Waals surface area contributed by atoms with Gasteiger partial charge in [-0.05, 0) is 19.2 Å². The molecule has 1 heteroatoms. The number of hydrogen-bond donors (Lipinski definition) is 0. The maximum atomic E-state index is 3.75. The second-order valence-electron chi connectivity index (χ2n) is 1.79. The van der Waals surface area contributed by atoms with Crippen LogP contribution in [0.15, 0.2) is 37.2 Å². The van der Waals surface area contributed by atoms with Gasteiger partial charge < -0.3 is 4.90 Å². The van der Waals surface area contributed by atoms with Gasteiger partial charge in [-0.15, -0.1) is 0 Å². The number of rotatable bonds is 3. The van der Waals surface area contributed by atoms with Crippen LogP contribution in [-0.4, -0.2) is 11.9 Å². The van der Waals surface area contributed by atoms with Gasteiger partial charge in [0.1, 0.15) is 0 Å². The molecule has 50 valence electrons. The van der Waals surface area contributed by atoms with E-state index in [0.717, 1.165) is 5.70 Å². The SMILES string of the molecule is C=CC(=C)N(C)/C=C\C. The average Bonchev–Trinajstić information content (AvgIpc) is 1.87. The fourth-order valence-corrected chi connectivity index (χ4v) is 0.463. The van der Waals surface area contributed by atoms with Crippen LogP contribution in [0, 0.1) is 0 Å². The van der Waals surface area contributed by atoms with E-state index in [-0.39, 0.29) is 0 Å². The minimum atomic E-state index is 0.910. The molecule has 0 spiro atoms. The molecule has 0 atom stereocenters. The van der Waals surface area contributed by atoms with E-state index >= 15 is 0 Å². The smallest absolute Gasteiger partial charge is 0.0324 e. The molecule has 0 aromatic rings. The van der Waals surface area contributed by atoms with Crippen LogP contribution in [0.5, 0.6) is 0 Å². The van der Waals surface area contributed by atoms with E-state index in [9.17, 15) is 0 Å². The lowest BCUT2D eigenvalue weighted by molar-refractivity contribution is 0.591. The molecule has 0 rings (SSSR count). The summed E-state index contributed by atoms with van der Waals surface area (Å²) >= 11 is 0. The Morgan fingerprint density at radius 1 is 1.56 bits per heavy atom. The van der Waals surface area contributed by atoms with Crippen molar-refractivity contribution in [2.75, 3.05) is 7.05 Å². The van der Waals surface area contributed by atoms with Crippen molar-refractivity contribution in [3.8, 4) is 0 Å². The van der Waals surface area contributed by atoms with Gasteiger partial charge in [0, 0.05) is 12.7 Å². The second-order valence-corrected chi connectivity index (χ2v) is 1.79. The Labute approximate surface area is 57.0 Å². The lowest BCUT2D eigenvalue weighted by Crippen LogP contribution is -2.05. The molecular weight excluding hydrogens is 110 g/mol. The molecule has 0 aliphatic carbocycles. The van der Waals surface area contributed by atoms with Gasteiger partial charge >= 0.3 is 0 Å². The molecular formula is C8H13N. The van der Waals surface area contributed by atoms with E-state index in [4.69, 9.17) is 0 Å². The van der Waals surface area contributed by atoms with Gasteiger partial charge in [-0.25, -0.2) is 0 Å². The van der Waals surface area contributed by atoms with Crippen molar-refractivity contribution in [1.29, 1.82) is 0 Å². The third-order valence-electron chi connectivity index (χ3n) is 1.06. The van der Waals surface area contributed by atoms with Crippen LogP contribution in [0.3, 0.4) is 0 Å². The maximum Gasteiger partial charge on any atom is 0.0324 e. The predicted molar refractivity (Wildman–Crippen MR) is 41.9 cm³/mol. The lowest BCUT2D eigenvalue weighted by atomic mass is 10.4. The molecule has 0 amide bonds. The van der Waals surface area contributed by atoms with Crippen LogP contribution in [0.2, 0.25) is 0 Å². The monoisotopic (exact) mass is 123 g/mol. The van der Waals surface area contributed by atoms with Crippen LogP contribution in [0.1, 0.15) is 6.92 Å². The Hall–Kier alpha value is -0.980. The molecule has 1 nitrogen and oxygen atoms in total. The van der Waals surface area contributed by atoms with E-state index < -0.39 is 0 Å². The first-order valence-electron chi connectivity index (χ1n) is 2.89. The standard InChI is InChI=1S/C8H13N/c1-5-7-9(4)8(3)6-2/h5-7H,2-3H2,1,4H3/b7-5-. The predicted octanol–water partition coefficient (Wildman–Crippen LogP) is 2.15. The second kappa shape index (κ2) is 3.96. The summed E-state index contributed by atoms with van der Waals surface area (Å²) < 4.78 is 0. The van der Waals surface area contributed by atoms with Gasteiger partial charge in [0.2, 0.25) is 0 Å². The number of allylic oxidation sites excluding steroid dienone is 2. The molecule has 9 heavy (non-hydrogen) atoms.